The molecule has 3 heteroatoms. The van der Waals surface area contributed by atoms with Crippen molar-refractivity contribution in [3.63, 3.8) is 0 Å². The van der Waals surface area contributed by atoms with Gasteiger partial charge < -0.3 is 9.13 Å². The molecule has 0 atom stereocenters. The molecular formula is C60H42N2Si. The molecule has 0 bridgehead atoms. The summed E-state index contributed by atoms with van der Waals surface area (Å²) < 4.78 is 4.97. The van der Waals surface area contributed by atoms with E-state index in [-0.39, 0.29) is 0 Å². The number of hydrogen-bond acceptors (Lipinski definition) is 0. The fraction of sp³-hybridized carbons (Fsp3) is 0. The van der Waals surface area contributed by atoms with E-state index in [0.29, 0.717) is 0 Å². The van der Waals surface area contributed by atoms with E-state index in [4.69, 9.17) is 0 Å². The normalized spacial score (nSPS) is 11.8. The molecule has 0 amide bonds. The summed E-state index contributed by atoms with van der Waals surface area (Å²) in [5, 5.41) is 10.4. The van der Waals surface area contributed by atoms with Crippen molar-refractivity contribution in [2.75, 3.05) is 0 Å². The molecule has 0 radical (unpaired) electrons. The highest BCUT2D eigenvalue weighted by molar-refractivity contribution is 7.20. The van der Waals surface area contributed by atoms with Gasteiger partial charge in [-0.05, 0) is 68.3 Å². The third-order valence-electron chi connectivity index (χ3n) is 13.1. The van der Waals surface area contributed by atoms with Crippen molar-refractivity contribution in [3.05, 3.63) is 255 Å². The van der Waals surface area contributed by atoms with Crippen LogP contribution in [0.15, 0.2) is 255 Å². The average Bonchev–Trinajstić information content (AvgIpc) is 3.87. The zero-order valence-electron chi connectivity index (χ0n) is 34.6. The quantitative estimate of drug-likeness (QED) is 0.107. The zero-order valence-corrected chi connectivity index (χ0v) is 35.6. The highest BCUT2D eigenvalue weighted by Crippen LogP contribution is 2.42. The SMILES string of the molecule is c1ccc(-c2cccc(-c3ccccc3)c2-n2c3ccccc3c3cc(-n4c5ccccc5c5cc([Si](c6ccccc6)(c6ccccc6)c6ccccc6)ccc54)ccc32)cc1. The van der Waals surface area contributed by atoms with Crippen LogP contribution in [0.5, 0.6) is 0 Å². The van der Waals surface area contributed by atoms with E-state index >= 15 is 0 Å². The molecule has 10 aromatic carbocycles. The maximum absolute atomic E-state index is 2.74. The van der Waals surface area contributed by atoms with Gasteiger partial charge in [-0.3, -0.25) is 0 Å². The molecule has 0 unspecified atom stereocenters. The smallest absolute Gasteiger partial charge is 0.179 e. The van der Waals surface area contributed by atoms with Gasteiger partial charge in [0, 0.05) is 38.4 Å². The number of hydrogen-bond donors (Lipinski definition) is 0. The van der Waals surface area contributed by atoms with Gasteiger partial charge >= 0.3 is 0 Å². The third-order valence-corrected chi connectivity index (χ3v) is 17.8. The van der Waals surface area contributed by atoms with Crippen molar-refractivity contribution < 1.29 is 0 Å². The fourth-order valence-electron chi connectivity index (χ4n) is 10.4. The first-order valence-corrected chi connectivity index (χ1v) is 23.8. The molecule has 0 saturated heterocycles. The van der Waals surface area contributed by atoms with Crippen LogP contribution >= 0.6 is 0 Å². The van der Waals surface area contributed by atoms with Gasteiger partial charge in [-0.25, -0.2) is 0 Å². The molecule has 2 nitrogen and oxygen atoms in total. The van der Waals surface area contributed by atoms with E-state index < -0.39 is 8.07 Å². The second-order valence-corrected chi connectivity index (χ2v) is 20.2. The van der Waals surface area contributed by atoms with E-state index in [0.717, 1.165) is 5.69 Å². The molecule has 0 saturated carbocycles. The number of rotatable bonds is 8. The first-order valence-electron chi connectivity index (χ1n) is 21.8. The van der Waals surface area contributed by atoms with Crippen LogP contribution in [-0.2, 0) is 0 Å². The molecule has 0 N–H and O–H groups in total. The molecule has 0 fully saturated rings. The second kappa shape index (κ2) is 15.2. The van der Waals surface area contributed by atoms with E-state index in [1.165, 1.54) is 92.3 Å². The maximum atomic E-state index is 2.52. The Bertz CT molecular complexity index is 3440. The molecule has 0 aliphatic heterocycles. The predicted molar refractivity (Wildman–Crippen MR) is 270 cm³/mol. The second-order valence-electron chi connectivity index (χ2n) is 16.4. The molecule has 0 aliphatic carbocycles. The minimum atomic E-state index is -2.74. The Hall–Kier alpha value is -7.98. The molecule has 0 aliphatic rings. The van der Waals surface area contributed by atoms with E-state index in [2.05, 4.69) is 264 Å². The highest BCUT2D eigenvalue weighted by atomic mass is 28.3. The third kappa shape index (κ3) is 5.85. The number of aromatic nitrogens is 2. The van der Waals surface area contributed by atoms with Crippen LogP contribution in [0.25, 0.3) is 77.2 Å². The first kappa shape index (κ1) is 36.8. The van der Waals surface area contributed by atoms with Gasteiger partial charge in [0.1, 0.15) is 0 Å². The molecule has 296 valence electrons. The van der Waals surface area contributed by atoms with Crippen molar-refractivity contribution in [1.29, 1.82) is 0 Å². The Labute approximate surface area is 368 Å². The van der Waals surface area contributed by atoms with Crippen molar-refractivity contribution in [3.8, 4) is 33.6 Å². The van der Waals surface area contributed by atoms with E-state index in [9.17, 15) is 0 Å². The van der Waals surface area contributed by atoms with Crippen LogP contribution < -0.4 is 20.7 Å². The summed E-state index contributed by atoms with van der Waals surface area (Å²) in [6.07, 6.45) is 0. The Balaban J connectivity index is 1.11. The minimum Gasteiger partial charge on any atom is -0.309 e. The lowest BCUT2D eigenvalue weighted by molar-refractivity contribution is 1.17. The largest absolute Gasteiger partial charge is 0.309 e. The Kier molecular flexibility index (Phi) is 8.87. The van der Waals surface area contributed by atoms with Crippen LogP contribution in [0.4, 0.5) is 0 Å². The molecule has 2 aromatic heterocycles. The van der Waals surface area contributed by atoms with Gasteiger partial charge in [0.05, 0.1) is 27.8 Å². The Morgan fingerprint density at radius 2 is 0.651 bits per heavy atom. The predicted octanol–water partition coefficient (Wildman–Crippen LogP) is 12.6. The fourth-order valence-corrected chi connectivity index (χ4v) is 15.1. The zero-order chi connectivity index (χ0) is 41.7. The van der Waals surface area contributed by atoms with Crippen LogP contribution in [0.1, 0.15) is 0 Å². The van der Waals surface area contributed by atoms with Crippen LogP contribution in [-0.4, -0.2) is 17.2 Å². The van der Waals surface area contributed by atoms with Crippen LogP contribution in [0.2, 0.25) is 0 Å². The van der Waals surface area contributed by atoms with Gasteiger partial charge in [-0.1, -0.05) is 218 Å². The van der Waals surface area contributed by atoms with Gasteiger partial charge in [-0.15, -0.1) is 0 Å². The average molecular weight is 819 g/mol. The highest BCUT2D eigenvalue weighted by Gasteiger charge is 2.41. The molecule has 0 spiro atoms. The molecular weight excluding hydrogens is 777 g/mol. The lowest BCUT2D eigenvalue weighted by Gasteiger charge is -2.34. The summed E-state index contributed by atoms with van der Waals surface area (Å²) in [5.74, 6) is 0. The minimum absolute atomic E-state index is 1.14. The molecule has 12 aromatic rings. The summed E-state index contributed by atoms with van der Waals surface area (Å²) in [6, 6.07) is 94.2. The molecule has 63 heavy (non-hydrogen) atoms. The van der Waals surface area contributed by atoms with Crippen molar-refractivity contribution in [2.45, 2.75) is 0 Å². The number of fused-ring (bicyclic) bond motifs is 6. The number of nitrogens with zero attached hydrogens (tertiary/aromatic N) is 2. The van der Waals surface area contributed by atoms with Crippen LogP contribution in [0, 0.1) is 0 Å². The standard InChI is InChI=1S/C60H42N2Si/c1-6-21-43(22-7-1)50-33-20-34-51(44-23-8-2-9-24-44)60(50)62-57-36-19-17-31-52(57)54-41-45(37-39-59(54)62)61-56-35-18-16-32-53(56)55-42-49(38-40-58(55)61)63(46-25-10-3-11-26-46,47-27-12-4-13-28-47)48-29-14-5-15-30-48/h1-42H. The van der Waals surface area contributed by atoms with Gasteiger partial charge in [0.15, 0.2) is 8.07 Å². The van der Waals surface area contributed by atoms with Gasteiger partial charge in [0.25, 0.3) is 0 Å². The lowest BCUT2D eigenvalue weighted by Crippen LogP contribution is -2.74. The summed E-state index contributed by atoms with van der Waals surface area (Å²) >= 11 is 0. The number of benzene rings is 10. The number of para-hydroxylation sites is 3. The van der Waals surface area contributed by atoms with Gasteiger partial charge in [-0.2, -0.15) is 0 Å². The summed E-state index contributed by atoms with van der Waals surface area (Å²) in [7, 11) is -2.74. The molecule has 2 heterocycles. The summed E-state index contributed by atoms with van der Waals surface area (Å²) in [6.45, 7) is 0. The Morgan fingerprint density at radius 3 is 1.17 bits per heavy atom. The monoisotopic (exact) mass is 818 g/mol. The first-order chi connectivity index (χ1) is 31.3. The Morgan fingerprint density at radius 1 is 0.254 bits per heavy atom. The topological polar surface area (TPSA) is 9.86 Å². The van der Waals surface area contributed by atoms with Crippen molar-refractivity contribution in [2.24, 2.45) is 0 Å². The van der Waals surface area contributed by atoms with Crippen LogP contribution in [0.3, 0.4) is 0 Å². The summed E-state index contributed by atoms with van der Waals surface area (Å²) in [4.78, 5) is 0. The van der Waals surface area contributed by atoms with Gasteiger partial charge in [0.2, 0.25) is 0 Å². The van der Waals surface area contributed by atoms with E-state index in [1.54, 1.807) is 0 Å². The lowest BCUT2D eigenvalue weighted by atomic mass is 9.95. The van der Waals surface area contributed by atoms with Crippen molar-refractivity contribution >= 4 is 72.4 Å². The van der Waals surface area contributed by atoms with Crippen molar-refractivity contribution in [1.82, 2.24) is 9.13 Å². The van der Waals surface area contributed by atoms with E-state index in [1.807, 2.05) is 0 Å². The molecule has 12 rings (SSSR count). The maximum Gasteiger partial charge on any atom is 0.179 e. The summed E-state index contributed by atoms with van der Waals surface area (Å²) in [5.41, 5.74) is 11.8.